The van der Waals surface area contributed by atoms with Crippen LogP contribution in [0.5, 0.6) is 11.5 Å². The first kappa shape index (κ1) is 41.1. The van der Waals surface area contributed by atoms with Crippen molar-refractivity contribution in [2.24, 2.45) is 20.5 Å². The summed E-state index contributed by atoms with van der Waals surface area (Å²) >= 11 is 0. The number of ether oxygens (including phenoxy) is 1. The van der Waals surface area contributed by atoms with E-state index in [2.05, 4.69) is 30.0 Å². The number of benzene rings is 4. The highest BCUT2D eigenvalue weighted by atomic mass is 32.3. The Kier molecular flexibility index (Phi) is 11.9. The molecule has 0 saturated carbocycles. The van der Waals surface area contributed by atoms with E-state index < -0.39 is 95.7 Å². The van der Waals surface area contributed by atoms with Gasteiger partial charge in [0.25, 0.3) is 30.4 Å². The van der Waals surface area contributed by atoms with Crippen LogP contribution < -0.4 is 10.1 Å². The minimum absolute atomic E-state index is 0.000275. The number of fused-ring (bicyclic) bond motifs is 1. The molecule has 0 heterocycles. The number of aromatic hydroxyl groups is 1. The molecule has 0 bridgehead atoms. The van der Waals surface area contributed by atoms with Crippen LogP contribution in [0, 0.1) is 0 Å². The molecule has 0 fully saturated rings. The summed E-state index contributed by atoms with van der Waals surface area (Å²) < 4.78 is 164. The van der Waals surface area contributed by atoms with Crippen molar-refractivity contribution in [3.8, 4) is 11.5 Å². The highest BCUT2D eigenvalue weighted by Crippen LogP contribution is 2.47. The zero-order chi connectivity index (χ0) is 39.6. The van der Waals surface area contributed by atoms with Crippen LogP contribution in [0.25, 0.3) is 10.8 Å². The van der Waals surface area contributed by atoms with Gasteiger partial charge in [-0.25, -0.2) is 12.6 Å². The lowest BCUT2D eigenvalue weighted by Crippen LogP contribution is -2.15. The first-order valence-corrected chi connectivity index (χ1v) is 21.3. The lowest BCUT2D eigenvalue weighted by Gasteiger charge is -2.15. The summed E-state index contributed by atoms with van der Waals surface area (Å²) in [5.74, 6) is -3.07. The Labute approximate surface area is 301 Å². The molecular weight excluding hydrogens is 815 g/mol. The van der Waals surface area contributed by atoms with E-state index in [1.807, 2.05) is 0 Å². The van der Waals surface area contributed by atoms with E-state index in [0.717, 1.165) is 49.6 Å². The van der Waals surface area contributed by atoms with Crippen molar-refractivity contribution in [1.82, 2.24) is 0 Å². The van der Waals surface area contributed by atoms with Crippen LogP contribution in [0.15, 0.2) is 95.8 Å². The van der Waals surface area contributed by atoms with Gasteiger partial charge in [0, 0.05) is 16.8 Å². The van der Waals surface area contributed by atoms with Gasteiger partial charge in [0.05, 0.1) is 40.6 Å². The summed E-state index contributed by atoms with van der Waals surface area (Å²) in [4.78, 5) is -1.96. The molecule has 4 aromatic rings. The molecule has 0 spiro atoms. The summed E-state index contributed by atoms with van der Waals surface area (Å²) in [6.07, 6.45) is 0. The minimum Gasteiger partial charge on any atom is -0.506 e. The van der Waals surface area contributed by atoms with Crippen LogP contribution >= 0.6 is 0 Å². The predicted molar refractivity (Wildman–Crippen MR) is 183 cm³/mol. The second kappa shape index (κ2) is 15.3. The van der Waals surface area contributed by atoms with Crippen LogP contribution in [-0.2, 0) is 54.8 Å². The summed E-state index contributed by atoms with van der Waals surface area (Å²) in [7, 11) is -22.5. The van der Waals surface area contributed by atoms with Crippen molar-refractivity contribution >= 4 is 89.8 Å². The maximum absolute atomic E-state index is 12.6. The molecule has 0 amide bonds. The van der Waals surface area contributed by atoms with E-state index in [1.54, 1.807) is 0 Å². The maximum Gasteiger partial charge on any atom is 0.397 e. The van der Waals surface area contributed by atoms with Crippen molar-refractivity contribution in [2.75, 3.05) is 30.7 Å². The molecular formula is C26H25N5O17S5. The van der Waals surface area contributed by atoms with Gasteiger partial charge in [0.1, 0.15) is 33.6 Å². The second-order valence-corrected chi connectivity index (χ2v) is 17.7. The minimum atomic E-state index is -5.21. The molecule has 6 N–H and O–H groups in total. The first-order valence-electron chi connectivity index (χ1n) is 13.8. The molecule has 286 valence electrons. The Bertz CT molecular complexity index is 2700. The summed E-state index contributed by atoms with van der Waals surface area (Å²) in [6.45, 7) is -0.881. The number of methoxy groups -OCH3 is 1. The van der Waals surface area contributed by atoms with Gasteiger partial charge in [-0.15, -0.1) is 15.3 Å². The Balaban J connectivity index is 1.87. The fourth-order valence-corrected chi connectivity index (χ4v) is 7.33. The van der Waals surface area contributed by atoms with E-state index in [1.165, 1.54) is 12.1 Å². The second-order valence-electron chi connectivity index (χ2n) is 10.3. The number of nitrogens with one attached hydrogen (secondary N) is 1. The van der Waals surface area contributed by atoms with Gasteiger partial charge in [-0.1, -0.05) is 0 Å². The van der Waals surface area contributed by atoms with E-state index in [4.69, 9.17) is 9.29 Å². The fraction of sp³-hybridized carbons (Fsp3) is 0.154. The van der Waals surface area contributed by atoms with Crippen LogP contribution in [0.4, 0.5) is 28.4 Å². The molecule has 0 aliphatic rings. The lowest BCUT2D eigenvalue weighted by atomic mass is 10.0. The van der Waals surface area contributed by atoms with Gasteiger partial charge in [0.15, 0.2) is 15.6 Å². The van der Waals surface area contributed by atoms with Gasteiger partial charge in [0.2, 0.25) is 0 Å². The van der Waals surface area contributed by atoms with E-state index in [9.17, 15) is 60.9 Å². The molecule has 4 aromatic carbocycles. The largest absolute Gasteiger partial charge is 0.506 e. The number of phenols is 1. The van der Waals surface area contributed by atoms with Crippen molar-refractivity contribution < 1.29 is 74.3 Å². The standard InChI is InChI=1S/C26H25N5O17S5/c1-47-26-18-7-9-21(27-14-50(35,36)37)24(30-28-15-2-4-16(5-3-15)49(33,34)11-10-48-53(44,45)46)19(18)13-23(52(41,42)43)25(26)31-29-20-8-6-17(12-22(20)32)51(38,39)40/h2-9,12-13,27,32H,10-11,14H2,1H3,(H,35,36,37)(H,38,39,40)(H,41,42,43)(H,44,45,46). The van der Waals surface area contributed by atoms with Crippen molar-refractivity contribution in [2.45, 2.75) is 14.7 Å². The Hall–Kier alpha value is -4.71. The van der Waals surface area contributed by atoms with E-state index in [-0.39, 0.29) is 38.5 Å². The zero-order valence-electron chi connectivity index (χ0n) is 26.4. The lowest BCUT2D eigenvalue weighted by molar-refractivity contribution is 0.284. The summed E-state index contributed by atoms with van der Waals surface area (Å²) in [5.41, 5.74) is -1.55. The molecule has 0 saturated heterocycles. The van der Waals surface area contributed by atoms with Crippen LogP contribution in [0.3, 0.4) is 0 Å². The number of rotatable bonds is 15. The average Bonchev–Trinajstić information content (AvgIpc) is 3.03. The third-order valence-electron chi connectivity index (χ3n) is 6.66. The van der Waals surface area contributed by atoms with Crippen molar-refractivity contribution in [1.29, 1.82) is 0 Å². The quantitative estimate of drug-likeness (QED) is 0.0733. The van der Waals surface area contributed by atoms with E-state index >= 15 is 0 Å². The normalized spacial score (nSPS) is 13.2. The van der Waals surface area contributed by atoms with Crippen LogP contribution in [0.2, 0.25) is 0 Å². The van der Waals surface area contributed by atoms with Gasteiger partial charge in [-0.3, -0.25) is 18.2 Å². The molecule has 0 radical (unpaired) electrons. The Morgan fingerprint density at radius 1 is 0.679 bits per heavy atom. The monoisotopic (exact) mass is 839 g/mol. The van der Waals surface area contributed by atoms with Gasteiger partial charge in [-0.2, -0.15) is 38.8 Å². The van der Waals surface area contributed by atoms with E-state index in [0.29, 0.717) is 6.07 Å². The SMILES string of the molecule is COc1c(N=Nc2ccc(S(=O)(=O)O)cc2O)c(S(=O)(=O)O)cc2c(N=Nc3ccc(S(=O)(=O)CCOS(=O)(=O)O)cc3)c(NCS(=O)(=O)O)ccc12. The molecule has 27 heteroatoms. The molecule has 4 rings (SSSR count). The molecule has 0 atom stereocenters. The number of anilines is 1. The summed E-state index contributed by atoms with van der Waals surface area (Å²) in [5, 5.41) is 28.0. The predicted octanol–water partition coefficient (Wildman–Crippen LogP) is 3.73. The highest BCUT2D eigenvalue weighted by Gasteiger charge is 2.26. The zero-order valence-corrected chi connectivity index (χ0v) is 30.4. The molecule has 22 nitrogen and oxygen atoms in total. The number of phenolic OH excluding ortho intramolecular Hbond substituents is 1. The average molecular weight is 840 g/mol. The number of azo groups is 2. The smallest absolute Gasteiger partial charge is 0.397 e. The van der Waals surface area contributed by atoms with Gasteiger partial charge in [-0.05, 0) is 54.6 Å². The van der Waals surface area contributed by atoms with Crippen molar-refractivity contribution in [3.63, 3.8) is 0 Å². The fourth-order valence-electron chi connectivity index (χ4n) is 4.36. The third kappa shape index (κ3) is 10.7. The molecule has 0 aliphatic heterocycles. The Morgan fingerprint density at radius 2 is 1.30 bits per heavy atom. The maximum atomic E-state index is 12.6. The number of sulfone groups is 1. The third-order valence-corrected chi connectivity index (χ3v) is 11.0. The number of hydrogen-bond donors (Lipinski definition) is 6. The topological polar surface area (TPSA) is 352 Å². The number of hydrogen-bond acceptors (Lipinski definition) is 18. The molecule has 0 aromatic heterocycles. The summed E-state index contributed by atoms with van der Waals surface area (Å²) in [6, 6.07) is 10.2. The first-order chi connectivity index (χ1) is 24.4. The van der Waals surface area contributed by atoms with Crippen LogP contribution in [-0.4, -0.2) is 90.8 Å². The molecule has 0 aliphatic carbocycles. The van der Waals surface area contributed by atoms with Crippen molar-refractivity contribution in [3.05, 3.63) is 60.7 Å². The number of nitrogens with zero attached hydrogens (tertiary/aromatic N) is 4. The van der Waals surface area contributed by atoms with Crippen LogP contribution in [0.1, 0.15) is 0 Å². The highest BCUT2D eigenvalue weighted by molar-refractivity contribution is 7.91. The Morgan fingerprint density at radius 3 is 1.85 bits per heavy atom. The van der Waals surface area contributed by atoms with Gasteiger partial charge >= 0.3 is 10.4 Å². The van der Waals surface area contributed by atoms with Gasteiger partial charge < -0.3 is 15.2 Å². The molecule has 53 heavy (non-hydrogen) atoms. The molecule has 0 unspecified atom stereocenters.